The Bertz CT molecular complexity index is 857. The highest BCUT2D eigenvalue weighted by Crippen LogP contribution is 2.21. The number of aromatic hydroxyl groups is 2. The third kappa shape index (κ3) is 8.49. The van der Waals surface area contributed by atoms with Crippen molar-refractivity contribution >= 4 is 17.7 Å². The van der Waals surface area contributed by atoms with Crippen LogP contribution in [0.25, 0.3) is 0 Å². The molecule has 0 fully saturated rings. The number of ketones is 1. The topological polar surface area (TPSA) is 136 Å². The molecule has 10 heteroatoms. The number of carbonyl (C=O) groups excluding carboxylic acids is 3. The molecule has 0 spiro atoms. The molecule has 0 saturated carbocycles. The van der Waals surface area contributed by atoms with Gasteiger partial charge in [0.05, 0.1) is 26.2 Å². The second-order valence-corrected chi connectivity index (χ2v) is 6.57. The van der Waals surface area contributed by atoms with Crippen molar-refractivity contribution in [3.05, 3.63) is 42.0 Å². The van der Waals surface area contributed by atoms with Gasteiger partial charge in [0.25, 0.3) is 5.91 Å². The number of amides is 1. The molecular formula is C21H26N2O8. The quantitative estimate of drug-likeness (QED) is 0.243. The number of esters is 1. The minimum absolute atomic E-state index is 0.0504. The third-order valence-electron chi connectivity index (χ3n) is 4.03. The molecule has 3 N–H and O–H groups in total. The lowest BCUT2D eigenvalue weighted by atomic mass is 10.2. The van der Waals surface area contributed by atoms with Gasteiger partial charge in [0.1, 0.15) is 12.4 Å². The van der Waals surface area contributed by atoms with Crippen LogP contribution >= 0.6 is 0 Å². The number of nitrogens with one attached hydrogen (secondary N) is 1. The molecule has 2 aromatic rings. The highest BCUT2D eigenvalue weighted by molar-refractivity contribution is 5.94. The number of carbonyl (C=O) groups is 3. The molecule has 0 radical (unpaired) electrons. The number of aromatic nitrogens is 1. The van der Waals surface area contributed by atoms with Gasteiger partial charge >= 0.3 is 5.97 Å². The minimum atomic E-state index is -0.547. The predicted molar refractivity (Wildman–Crippen MR) is 109 cm³/mol. The van der Waals surface area contributed by atoms with Gasteiger partial charge in [0.15, 0.2) is 17.5 Å². The highest BCUT2D eigenvalue weighted by Gasteiger charge is 2.11. The van der Waals surface area contributed by atoms with Gasteiger partial charge in [-0.05, 0) is 31.2 Å². The molecule has 0 saturated heterocycles. The van der Waals surface area contributed by atoms with E-state index >= 15 is 0 Å². The largest absolute Gasteiger partial charge is 0.494 e. The number of Topliss-reactive ketones (excluding diaryl/α,β-unsaturated/α-hetero) is 1. The van der Waals surface area contributed by atoms with Crippen molar-refractivity contribution in [2.24, 2.45) is 0 Å². The van der Waals surface area contributed by atoms with Crippen molar-refractivity contribution in [2.45, 2.75) is 19.9 Å². The van der Waals surface area contributed by atoms with Gasteiger partial charge in [0.2, 0.25) is 0 Å². The summed E-state index contributed by atoms with van der Waals surface area (Å²) >= 11 is 0. The van der Waals surface area contributed by atoms with E-state index in [-0.39, 0.29) is 48.8 Å². The Morgan fingerprint density at radius 1 is 0.935 bits per heavy atom. The molecule has 1 heterocycles. The number of nitrogens with zero attached hydrogens (tertiary/aromatic N) is 1. The van der Waals surface area contributed by atoms with Gasteiger partial charge in [-0.25, -0.2) is 0 Å². The van der Waals surface area contributed by atoms with Crippen LogP contribution in [0.1, 0.15) is 23.7 Å². The molecule has 0 unspecified atom stereocenters. The molecule has 1 aromatic heterocycles. The average Bonchev–Trinajstić information content (AvgIpc) is 3.06. The Labute approximate surface area is 179 Å². The molecule has 31 heavy (non-hydrogen) atoms. The Morgan fingerprint density at radius 2 is 1.58 bits per heavy atom. The van der Waals surface area contributed by atoms with Crippen LogP contribution in [0.4, 0.5) is 0 Å². The van der Waals surface area contributed by atoms with Crippen LogP contribution in [0.5, 0.6) is 17.5 Å². The molecule has 1 amide bonds. The van der Waals surface area contributed by atoms with E-state index < -0.39 is 5.97 Å². The van der Waals surface area contributed by atoms with Crippen molar-refractivity contribution in [3.8, 4) is 17.5 Å². The van der Waals surface area contributed by atoms with Crippen LogP contribution in [-0.2, 0) is 25.6 Å². The predicted octanol–water partition coefficient (Wildman–Crippen LogP) is 1.25. The van der Waals surface area contributed by atoms with Crippen molar-refractivity contribution < 1.29 is 38.8 Å². The maximum Gasteiger partial charge on any atom is 0.312 e. The number of benzene rings is 1. The van der Waals surface area contributed by atoms with Crippen molar-refractivity contribution in [1.29, 1.82) is 0 Å². The van der Waals surface area contributed by atoms with Gasteiger partial charge in [-0.1, -0.05) is 0 Å². The number of hydrogen-bond donors (Lipinski definition) is 3. The van der Waals surface area contributed by atoms with E-state index in [0.717, 1.165) is 0 Å². The maximum atomic E-state index is 12.1. The lowest BCUT2D eigenvalue weighted by molar-refractivity contribution is -0.134. The highest BCUT2D eigenvalue weighted by atomic mass is 16.5. The van der Waals surface area contributed by atoms with Crippen LogP contribution in [0.3, 0.4) is 0 Å². The minimum Gasteiger partial charge on any atom is -0.494 e. The molecule has 0 aliphatic heterocycles. The second-order valence-electron chi connectivity index (χ2n) is 6.57. The van der Waals surface area contributed by atoms with Crippen LogP contribution in [-0.4, -0.2) is 65.4 Å². The Hall–Kier alpha value is -3.37. The SMILES string of the molecule is CC(=O)COCCOCCNC(=O)c1ccc(OC(=O)CCn2c(O)ccc2O)cc1. The fourth-order valence-corrected chi connectivity index (χ4v) is 2.51. The first kappa shape index (κ1) is 23.9. The number of hydrogen-bond acceptors (Lipinski definition) is 8. The van der Waals surface area contributed by atoms with Crippen molar-refractivity contribution in [2.75, 3.05) is 33.0 Å². The molecule has 0 aliphatic rings. The van der Waals surface area contributed by atoms with Gasteiger partial charge in [-0.3, -0.25) is 19.0 Å². The second kappa shape index (κ2) is 12.4. The normalized spacial score (nSPS) is 10.6. The number of rotatable bonds is 13. The first-order valence-electron chi connectivity index (χ1n) is 9.68. The summed E-state index contributed by atoms with van der Waals surface area (Å²) in [6, 6.07) is 8.69. The Morgan fingerprint density at radius 3 is 2.23 bits per heavy atom. The molecule has 2 rings (SSSR count). The van der Waals surface area contributed by atoms with E-state index in [2.05, 4.69) is 5.32 Å². The third-order valence-corrected chi connectivity index (χ3v) is 4.03. The van der Waals surface area contributed by atoms with E-state index in [1.807, 2.05) is 0 Å². The molecule has 0 atom stereocenters. The zero-order valence-electron chi connectivity index (χ0n) is 17.2. The lowest BCUT2D eigenvalue weighted by Crippen LogP contribution is -2.27. The summed E-state index contributed by atoms with van der Waals surface area (Å²) in [6.07, 6.45) is -0.0577. The summed E-state index contributed by atoms with van der Waals surface area (Å²) < 4.78 is 16.7. The monoisotopic (exact) mass is 434 g/mol. The molecule has 168 valence electrons. The summed E-state index contributed by atoms with van der Waals surface area (Å²) in [5.74, 6) is -0.913. The lowest BCUT2D eigenvalue weighted by Gasteiger charge is -2.09. The molecule has 1 aromatic carbocycles. The van der Waals surface area contributed by atoms with E-state index in [4.69, 9.17) is 14.2 Å². The summed E-state index contributed by atoms with van der Waals surface area (Å²) in [6.45, 7) is 2.81. The van der Waals surface area contributed by atoms with Gasteiger partial charge in [0, 0.05) is 30.8 Å². The molecule has 0 aliphatic carbocycles. The fourth-order valence-electron chi connectivity index (χ4n) is 2.51. The Balaban J connectivity index is 1.65. The van der Waals surface area contributed by atoms with Crippen LogP contribution in [0.2, 0.25) is 0 Å². The average molecular weight is 434 g/mol. The maximum absolute atomic E-state index is 12.1. The van der Waals surface area contributed by atoms with Gasteiger partial charge in [-0.15, -0.1) is 0 Å². The Kier molecular flexibility index (Phi) is 9.53. The van der Waals surface area contributed by atoms with E-state index in [0.29, 0.717) is 31.9 Å². The zero-order valence-corrected chi connectivity index (χ0v) is 17.2. The molecular weight excluding hydrogens is 408 g/mol. The fraction of sp³-hybridized carbons (Fsp3) is 0.381. The summed E-state index contributed by atoms with van der Waals surface area (Å²) in [5.41, 5.74) is 0.395. The first-order chi connectivity index (χ1) is 14.9. The van der Waals surface area contributed by atoms with E-state index in [9.17, 15) is 24.6 Å². The zero-order chi connectivity index (χ0) is 22.6. The van der Waals surface area contributed by atoms with Gasteiger partial charge < -0.3 is 29.7 Å². The summed E-state index contributed by atoms with van der Waals surface area (Å²) in [4.78, 5) is 34.7. The number of ether oxygens (including phenoxy) is 3. The standard InChI is InChI=1S/C21H26N2O8/c1-15(24)14-30-13-12-29-11-9-22-21(28)16-2-4-17(5-3-16)31-20(27)8-10-23-18(25)6-7-19(23)26/h2-7,25-26H,8-14H2,1H3,(H,22,28). The van der Waals surface area contributed by atoms with Crippen molar-refractivity contribution in [3.63, 3.8) is 0 Å². The smallest absolute Gasteiger partial charge is 0.312 e. The molecule has 10 nitrogen and oxygen atoms in total. The molecule has 0 bridgehead atoms. The first-order valence-corrected chi connectivity index (χ1v) is 9.68. The van der Waals surface area contributed by atoms with E-state index in [1.165, 1.54) is 47.9 Å². The van der Waals surface area contributed by atoms with Crippen LogP contribution in [0, 0.1) is 0 Å². The van der Waals surface area contributed by atoms with E-state index in [1.54, 1.807) is 0 Å². The summed E-state index contributed by atoms with van der Waals surface area (Å²) in [5, 5.41) is 21.8. The summed E-state index contributed by atoms with van der Waals surface area (Å²) in [7, 11) is 0. The van der Waals surface area contributed by atoms with Gasteiger partial charge in [-0.2, -0.15) is 0 Å². The van der Waals surface area contributed by atoms with Crippen LogP contribution < -0.4 is 10.1 Å². The van der Waals surface area contributed by atoms with Crippen molar-refractivity contribution in [1.82, 2.24) is 9.88 Å². The van der Waals surface area contributed by atoms with Crippen LogP contribution in [0.15, 0.2) is 36.4 Å².